The van der Waals surface area contributed by atoms with Crippen LogP contribution in [0.15, 0.2) is 24.4 Å². The van der Waals surface area contributed by atoms with Crippen LogP contribution in [0.1, 0.15) is 10.7 Å². The SMILES string of the molecule is Nc1ccnc(CNCCc2ccc(Cl)s2)n1. The predicted octanol–water partition coefficient (Wildman–Crippen LogP) is 2.11. The van der Waals surface area contributed by atoms with Crippen molar-refractivity contribution < 1.29 is 0 Å². The van der Waals surface area contributed by atoms with Gasteiger partial charge in [0.1, 0.15) is 11.6 Å². The van der Waals surface area contributed by atoms with Crippen molar-refractivity contribution in [1.82, 2.24) is 15.3 Å². The van der Waals surface area contributed by atoms with Crippen molar-refractivity contribution in [2.45, 2.75) is 13.0 Å². The molecule has 3 N–H and O–H groups in total. The molecule has 0 saturated heterocycles. The molecule has 4 nitrogen and oxygen atoms in total. The van der Waals surface area contributed by atoms with E-state index in [2.05, 4.69) is 15.3 Å². The Kier molecular flexibility index (Phi) is 4.30. The molecular formula is C11H13ClN4S. The van der Waals surface area contributed by atoms with Crippen LogP contribution in [0.3, 0.4) is 0 Å². The first-order valence-corrected chi connectivity index (χ1v) is 6.46. The topological polar surface area (TPSA) is 63.8 Å². The molecule has 0 amide bonds. The van der Waals surface area contributed by atoms with E-state index in [0.29, 0.717) is 18.2 Å². The summed E-state index contributed by atoms with van der Waals surface area (Å²) in [5.41, 5.74) is 5.56. The van der Waals surface area contributed by atoms with E-state index in [9.17, 15) is 0 Å². The van der Waals surface area contributed by atoms with Gasteiger partial charge in [-0.15, -0.1) is 11.3 Å². The van der Waals surface area contributed by atoms with Gasteiger partial charge in [0.25, 0.3) is 0 Å². The highest BCUT2D eigenvalue weighted by Gasteiger charge is 1.99. The van der Waals surface area contributed by atoms with E-state index in [1.165, 1.54) is 4.88 Å². The Hall–Kier alpha value is -1.17. The van der Waals surface area contributed by atoms with Crippen molar-refractivity contribution in [2.24, 2.45) is 0 Å². The van der Waals surface area contributed by atoms with E-state index in [0.717, 1.165) is 17.3 Å². The van der Waals surface area contributed by atoms with Crippen LogP contribution in [0.4, 0.5) is 5.82 Å². The van der Waals surface area contributed by atoms with Gasteiger partial charge in [0.15, 0.2) is 0 Å². The van der Waals surface area contributed by atoms with Gasteiger partial charge in [-0.25, -0.2) is 9.97 Å². The molecule has 0 spiro atoms. The highest BCUT2D eigenvalue weighted by Crippen LogP contribution is 2.21. The normalized spacial score (nSPS) is 10.6. The molecule has 0 atom stereocenters. The lowest BCUT2D eigenvalue weighted by Gasteiger charge is -2.02. The summed E-state index contributed by atoms with van der Waals surface area (Å²) in [7, 11) is 0. The van der Waals surface area contributed by atoms with E-state index < -0.39 is 0 Å². The zero-order chi connectivity index (χ0) is 12.1. The molecule has 2 aromatic rings. The maximum Gasteiger partial charge on any atom is 0.144 e. The van der Waals surface area contributed by atoms with Crippen LogP contribution in [0, 0.1) is 0 Å². The Balaban J connectivity index is 1.73. The number of nitrogen functional groups attached to an aromatic ring is 1. The first-order chi connectivity index (χ1) is 8.24. The minimum Gasteiger partial charge on any atom is -0.384 e. The number of aromatic nitrogens is 2. The van der Waals surface area contributed by atoms with Gasteiger partial charge in [-0.1, -0.05) is 11.6 Å². The van der Waals surface area contributed by atoms with Crippen LogP contribution >= 0.6 is 22.9 Å². The molecule has 0 aliphatic heterocycles. The molecule has 0 aliphatic carbocycles. The molecule has 0 radical (unpaired) electrons. The average molecular weight is 269 g/mol. The van der Waals surface area contributed by atoms with Crippen molar-refractivity contribution in [3.05, 3.63) is 39.4 Å². The van der Waals surface area contributed by atoms with Crippen LogP contribution in [0.5, 0.6) is 0 Å². The highest BCUT2D eigenvalue weighted by molar-refractivity contribution is 7.16. The lowest BCUT2D eigenvalue weighted by atomic mass is 10.3. The second kappa shape index (κ2) is 5.95. The Morgan fingerprint density at radius 2 is 2.24 bits per heavy atom. The molecule has 2 heterocycles. The van der Waals surface area contributed by atoms with Gasteiger partial charge < -0.3 is 11.1 Å². The third-order valence-corrected chi connectivity index (χ3v) is 3.48. The first kappa shape index (κ1) is 12.3. The standard InChI is InChI=1S/C11H13ClN4S/c12-9-2-1-8(17-9)3-5-14-7-11-15-6-4-10(13)16-11/h1-2,4,6,14H,3,5,7H2,(H2,13,15,16). The Labute approximate surface area is 109 Å². The fourth-order valence-electron chi connectivity index (χ4n) is 1.40. The number of rotatable bonds is 5. The van der Waals surface area contributed by atoms with Crippen LogP contribution in [0.2, 0.25) is 4.34 Å². The van der Waals surface area contributed by atoms with Crippen molar-refractivity contribution in [3.63, 3.8) is 0 Å². The molecule has 6 heteroatoms. The first-order valence-electron chi connectivity index (χ1n) is 5.26. The number of nitrogens with one attached hydrogen (secondary N) is 1. The lowest BCUT2D eigenvalue weighted by Crippen LogP contribution is -2.18. The van der Waals surface area contributed by atoms with Gasteiger partial charge >= 0.3 is 0 Å². The van der Waals surface area contributed by atoms with Gasteiger partial charge in [0, 0.05) is 17.6 Å². The summed E-state index contributed by atoms with van der Waals surface area (Å²) in [6.07, 6.45) is 2.62. The fourth-order valence-corrected chi connectivity index (χ4v) is 2.48. The van der Waals surface area contributed by atoms with E-state index in [1.54, 1.807) is 23.6 Å². The van der Waals surface area contributed by atoms with E-state index in [1.807, 2.05) is 12.1 Å². The average Bonchev–Trinajstić information content (AvgIpc) is 2.71. The number of hydrogen-bond donors (Lipinski definition) is 2. The number of hydrogen-bond acceptors (Lipinski definition) is 5. The zero-order valence-corrected chi connectivity index (χ0v) is 10.8. The van der Waals surface area contributed by atoms with Gasteiger partial charge in [-0.05, 0) is 24.6 Å². The summed E-state index contributed by atoms with van der Waals surface area (Å²) in [6.45, 7) is 1.50. The number of nitrogens with two attached hydrogens (primary N) is 1. The lowest BCUT2D eigenvalue weighted by molar-refractivity contribution is 0.663. The van der Waals surface area contributed by atoms with E-state index >= 15 is 0 Å². The molecule has 0 fully saturated rings. The molecule has 17 heavy (non-hydrogen) atoms. The van der Waals surface area contributed by atoms with Gasteiger partial charge in [-0.3, -0.25) is 0 Å². The summed E-state index contributed by atoms with van der Waals surface area (Å²) in [5, 5.41) is 3.27. The largest absolute Gasteiger partial charge is 0.384 e. The summed E-state index contributed by atoms with van der Waals surface area (Å²) in [4.78, 5) is 9.50. The molecule has 2 rings (SSSR count). The molecular weight excluding hydrogens is 256 g/mol. The summed E-state index contributed by atoms with van der Waals surface area (Å²) >= 11 is 7.46. The molecule has 90 valence electrons. The third kappa shape index (κ3) is 3.96. The van der Waals surface area contributed by atoms with Crippen LogP contribution in [-0.2, 0) is 13.0 Å². The molecule has 0 saturated carbocycles. The van der Waals surface area contributed by atoms with Gasteiger partial charge in [-0.2, -0.15) is 0 Å². The number of anilines is 1. The van der Waals surface area contributed by atoms with Crippen LogP contribution in [-0.4, -0.2) is 16.5 Å². The van der Waals surface area contributed by atoms with E-state index in [-0.39, 0.29) is 0 Å². The maximum atomic E-state index is 5.85. The summed E-state index contributed by atoms with van der Waals surface area (Å²) < 4.78 is 0.833. The van der Waals surface area contributed by atoms with Gasteiger partial charge in [0.05, 0.1) is 10.9 Å². The molecule has 0 bridgehead atoms. The Morgan fingerprint density at radius 3 is 2.94 bits per heavy atom. The van der Waals surface area contributed by atoms with Crippen molar-refractivity contribution in [1.29, 1.82) is 0 Å². The molecule has 0 aromatic carbocycles. The van der Waals surface area contributed by atoms with Crippen LogP contribution in [0.25, 0.3) is 0 Å². The van der Waals surface area contributed by atoms with Crippen molar-refractivity contribution >= 4 is 28.8 Å². The Bertz CT molecular complexity index is 486. The Morgan fingerprint density at radius 1 is 1.35 bits per heavy atom. The quantitative estimate of drug-likeness (QED) is 0.816. The number of thiophene rings is 1. The zero-order valence-electron chi connectivity index (χ0n) is 9.19. The highest BCUT2D eigenvalue weighted by atomic mass is 35.5. The van der Waals surface area contributed by atoms with Crippen LogP contribution < -0.4 is 11.1 Å². The van der Waals surface area contributed by atoms with Crippen molar-refractivity contribution in [3.8, 4) is 0 Å². The number of nitrogens with zero attached hydrogens (tertiary/aromatic N) is 2. The molecule has 0 aliphatic rings. The monoisotopic (exact) mass is 268 g/mol. The minimum atomic E-state index is 0.502. The van der Waals surface area contributed by atoms with E-state index in [4.69, 9.17) is 17.3 Å². The fraction of sp³-hybridized carbons (Fsp3) is 0.273. The molecule has 0 unspecified atom stereocenters. The van der Waals surface area contributed by atoms with Crippen molar-refractivity contribution in [2.75, 3.05) is 12.3 Å². The molecule has 2 aromatic heterocycles. The summed E-state index contributed by atoms with van der Waals surface area (Å²) in [5.74, 6) is 1.22. The second-order valence-corrected chi connectivity index (χ2v) is 5.33. The number of halogens is 1. The second-order valence-electron chi connectivity index (χ2n) is 3.53. The smallest absolute Gasteiger partial charge is 0.144 e. The maximum absolute atomic E-state index is 5.85. The minimum absolute atomic E-state index is 0.502. The summed E-state index contributed by atoms with van der Waals surface area (Å²) in [6, 6.07) is 5.64. The van der Waals surface area contributed by atoms with Gasteiger partial charge in [0.2, 0.25) is 0 Å². The predicted molar refractivity (Wildman–Crippen MR) is 71.2 cm³/mol. The third-order valence-electron chi connectivity index (χ3n) is 2.19.